The van der Waals surface area contributed by atoms with Gasteiger partial charge in [-0.15, -0.1) is 0 Å². The van der Waals surface area contributed by atoms with Crippen LogP contribution in [0.3, 0.4) is 0 Å². The van der Waals surface area contributed by atoms with Crippen LogP contribution in [0.5, 0.6) is 5.75 Å². The number of carbonyl (C=O) groups is 2. The molecule has 1 amide bonds. The summed E-state index contributed by atoms with van der Waals surface area (Å²) in [5, 5.41) is 12.8. The normalized spacial score (nSPS) is 12.5. The fraction of sp³-hybridized carbons (Fsp3) is 0.167. The molecule has 6 nitrogen and oxygen atoms in total. The van der Waals surface area contributed by atoms with Gasteiger partial charge in [0.15, 0.2) is 23.7 Å². The van der Waals surface area contributed by atoms with Gasteiger partial charge in [-0.3, -0.25) is 4.79 Å². The second-order valence-electron chi connectivity index (χ2n) is 7.09. The zero-order chi connectivity index (χ0) is 24.8. The standard InChI is InChI=1S/C24H19Cl3FNO5/c1-33-24(32)20(12-30)29-23(31)14-4-9-21(19(28)10-14)34-22(13-2-5-15(25)6-3-13)17-8-7-16(26)11-18(17)27/h2-11,20,22,30H,12H2,1H3,(H,29,31). The molecule has 3 rings (SSSR count). The number of nitrogens with one attached hydrogen (secondary N) is 1. The summed E-state index contributed by atoms with van der Waals surface area (Å²) in [4.78, 5) is 24.0. The van der Waals surface area contributed by atoms with E-state index in [2.05, 4.69) is 10.1 Å². The van der Waals surface area contributed by atoms with Gasteiger partial charge in [-0.05, 0) is 48.0 Å². The highest BCUT2D eigenvalue weighted by Gasteiger charge is 2.24. The van der Waals surface area contributed by atoms with Crippen LogP contribution in [0.15, 0.2) is 60.7 Å². The Morgan fingerprint density at radius 3 is 2.26 bits per heavy atom. The summed E-state index contributed by atoms with van der Waals surface area (Å²) >= 11 is 18.4. The van der Waals surface area contributed by atoms with E-state index in [1.54, 1.807) is 42.5 Å². The predicted octanol–water partition coefficient (Wildman–Crippen LogP) is 5.22. The number of amides is 1. The monoisotopic (exact) mass is 525 g/mol. The van der Waals surface area contributed by atoms with Crippen LogP contribution in [0, 0.1) is 5.82 Å². The summed E-state index contributed by atoms with van der Waals surface area (Å²) in [5.74, 6) is -2.57. The Labute approximate surface area is 210 Å². The molecular weight excluding hydrogens is 508 g/mol. The van der Waals surface area contributed by atoms with Gasteiger partial charge in [-0.1, -0.05) is 53.0 Å². The summed E-state index contributed by atoms with van der Waals surface area (Å²) < 4.78 is 25.4. The van der Waals surface area contributed by atoms with Crippen molar-refractivity contribution in [1.29, 1.82) is 0 Å². The summed E-state index contributed by atoms with van der Waals surface area (Å²) in [5.41, 5.74) is 1.11. The van der Waals surface area contributed by atoms with Crippen LogP contribution >= 0.6 is 34.8 Å². The second kappa shape index (κ2) is 11.5. The van der Waals surface area contributed by atoms with Crippen LogP contribution < -0.4 is 10.1 Å². The summed E-state index contributed by atoms with van der Waals surface area (Å²) in [6.45, 7) is -0.674. The minimum atomic E-state index is -1.28. The summed E-state index contributed by atoms with van der Waals surface area (Å²) in [7, 11) is 1.12. The number of rotatable bonds is 8. The third-order valence-corrected chi connectivity index (χ3v) is 5.64. The first-order valence-electron chi connectivity index (χ1n) is 9.89. The first kappa shape index (κ1) is 25.8. The molecule has 3 aromatic carbocycles. The van der Waals surface area contributed by atoms with E-state index in [1.807, 2.05) is 0 Å². The van der Waals surface area contributed by atoms with Crippen molar-refractivity contribution in [3.05, 3.63) is 98.2 Å². The van der Waals surface area contributed by atoms with Crippen LogP contribution in [0.2, 0.25) is 15.1 Å². The molecule has 2 unspecified atom stereocenters. The smallest absolute Gasteiger partial charge is 0.330 e. The van der Waals surface area contributed by atoms with Gasteiger partial charge in [-0.25, -0.2) is 9.18 Å². The zero-order valence-corrected chi connectivity index (χ0v) is 20.0. The maximum absolute atomic E-state index is 15.0. The third-order valence-electron chi connectivity index (χ3n) is 4.83. The van der Waals surface area contributed by atoms with Crippen molar-refractivity contribution in [2.24, 2.45) is 0 Å². The molecule has 0 spiro atoms. The van der Waals surface area contributed by atoms with Gasteiger partial charge in [0.1, 0.15) is 0 Å². The lowest BCUT2D eigenvalue weighted by Gasteiger charge is -2.22. The molecule has 0 aliphatic heterocycles. The van der Waals surface area contributed by atoms with E-state index in [9.17, 15) is 19.1 Å². The molecule has 0 aliphatic carbocycles. The minimum Gasteiger partial charge on any atom is -0.478 e. The van der Waals surface area contributed by atoms with E-state index in [-0.39, 0.29) is 11.3 Å². The van der Waals surface area contributed by atoms with Gasteiger partial charge in [0.25, 0.3) is 5.91 Å². The van der Waals surface area contributed by atoms with Crippen LogP contribution in [0.1, 0.15) is 27.6 Å². The molecule has 34 heavy (non-hydrogen) atoms. The Kier molecular flexibility index (Phi) is 8.74. The number of aliphatic hydroxyl groups excluding tert-OH is 1. The van der Waals surface area contributed by atoms with Crippen LogP contribution in [-0.4, -0.2) is 36.7 Å². The number of carbonyl (C=O) groups excluding carboxylic acids is 2. The van der Waals surface area contributed by atoms with Gasteiger partial charge >= 0.3 is 5.97 Å². The second-order valence-corrected chi connectivity index (χ2v) is 8.37. The molecule has 0 fully saturated rings. The molecule has 2 N–H and O–H groups in total. The quantitative estimate of drug-likeness (QED) is 0.393. The van der Waals surface area contributed by atoms with Crippen molar-refractivity contribution >= 4 is 46.7 Å². The van der Waals surface area contributed by atoms with Crippen LogP contribution in [0.25, 0.3) is 0 Å². The molecule has 2 atom stereocenters. The predicted molar refractivity (Wildman–Crippen MR) is 127 cm³/mol. The van der Waals surface area contributed by atoms with Crippen LogP contribution in [-0.2, 0) is 9.53 Å². The van der Waals surface area contributed by atoms with Gasteiger partial charge in [-0.2, -0.15) is 0 Å². The van der Waals surface area contributed by atoms with E-state index >= 15 is 0 Å². The van der Waals surface area contributed by atoms with E-state index in [0.29, 0.717) is 26.2 Å². The maximum atomic E-state index is 15.0. The van der Waals surface area contributed by atoms with E-state index < -0.39 is 36.4 Å². The lowest BCUT2D eigenvalue weighted by molar-refractivity contribution is -0.143. The Bertz CT molecular complexity index is 1190. The molecule has 0 aliphatic rings. The van der Waals surface area contributed by atoms with Gasteiger partial charge in [0.05, 0.1) is 13.7 Å². The highest BCUT2D eigenvalue weighted by atomic mass is 35.5. The molecule has 178 valence electrons. The Morgan fingerprint density at radius 2 is 1.68 bits per heavy atom. The van der Waals surface area contributed by atoms with Crippen molar-refractivity contribution < 1.29 is 28.6 Å². The van der Waals surface area contributed by atoms with Crippen molar-refractivity contribution in [1.82, 2.24) is 5.32 Å². The number of methoxy groups -OCH3 is 1. The van der Waals surface area contributed by atoms with Crippen molar-refractivity contribution in [2.45, 2.75) is 12.1 Å². The lowest BCUT2D eigenvalue weighted by Crippen LogP contribution is -2.44. The largest absolute Gasteiger partial charge is 0.478 e. The molecule has 10 heteroatoms. The number of aliphatic hydroxyl groups is 1. The molecule has 3 aromatic rings. The first-order chi connectivity index (χ1) is 16.2. The average Bonchev–Trinajstić information content (AvgIpc) is 2.82. The van der Waals surface area contributed by atoms with Crippen LogP contribution in [0.4, 0.5) is 4.39 Å². The number of hydrogen-bond acceptors (Lipinski definition) is 5. The lowest BCUT2D eigenvalue weighted by atomic mass is 10.0. The SMILES string of the molecule is COC(=O)C(CO)NC(=O)c1ccc(OC(c2ccc(Cl)cc2)c2ccc(Cl)cc2Cl)c(F)c1. The third kappa shape index (κ3) is 6.18. The molecular formula is C24H19Cl3FNO5. The topological polar surface area (TPSA) is 84.9 Å². The van der Waals surface area contributed by atoms with Gasteiger partial charge < -0.3 is 19.9 Å². The van der Waals surface area contributed by atoms with E-state index in [1.165, 1.54) is 12.1 Å². The number of benzene rings is 3. The van der Waals surface area contributed by atoms with Crippen molar-refractivity contribution in [3.8, 4) is 5.75 Å². The first-order valence-corrected chi connectivity index (χ1v) is 11.0. The Hall–Kier alpha value is -2.84. The number of esters is 1. The number of halogens is 4. The molecule has 0 aromatic heterocycles. The Balaban J connectivity index is 1.90. The molecule has 0 radical (unpaired) electrons. The van der Waals surface area contributed by atoms with Crippen molar-refractivity contribution in [3.63, 3.8) is 0 Å². The van der Waals surface area contributed by atoms with E-state index in [4.69, 9.17) is 39.5 Å². The zero-order valence-electron chi connectivity index (χ0n) is 17.7. The van der Waals surface area contributed by atoms with E-state index in [0.717, 1.165) is 13.2 Å². The fourth-order valence-electron chi connectivity index (χ4n) is 3.09. The highest BCUT2D eigenvalue weighted by molar-refractivity contribution is 6.35. The fourth-order valence-corrected chi connectivity index (χ4v) is 3.72. The van der Waals surface area contributed by atoms with Gasteiger partial charge in [0.2, 0.25) is 0 Å². The Morgan fingerprint density at radius 1 is 1.00 bits per heavy atom. The number of hydrogen-bond donors (Lipinski definition) is 2. The summed E-state index contributed by atoms with van der Waals surface area (Å²) in [6, 6.07) is 13.9. The number of ether oxygens (including phenoxy) is 2. The summed E-state index contributed by atoms with van der Waals surface area (Å²) in [6.07, 6.45) is -0.811. The minimum absolute atomic E-state index is 0.0835. The molecule has 0 saturated heterocycles. The van der Waals surface area contributed by atoms with Gasteiger partial charge in [0, 0.05) is 26.2 Å². The highest BCUT2D eigenvalue weighted by Crippen LogP contribution is 2.35. The maximum Gasteiger partial charge on any atom is 0.330 e. The molecule has 0 saturated carbocycles. The molecule has 0 heterocycles. The molecule has 0 bridgehead atoms. The van der Waals surface area contributed by atoms with Crippen molar-refractivity contribution in [2.75, 3.05) is 13.7 Å². The average molecular weight is 527 g/mol.